The molecule has 3 aromatic rings. The van der Waals surface area contributed by atoms with Crippen LogP contribution < -0.4 is 20.7 Å². The first-order chi connectivity index (χ1) is 15.4. The maximum absolute atomic E-state index is 14.7. The number of aromatic nitrogens is 1. The van der Waals surface area contributed by atoms with Crippen LogP contribution in [-0.2, 0) is 6.54 Å². The number of nitrogens with one attached hydrogen (secondary N) is 3. The minimum Gasteiger partial charge on any atom is -0.454 e. The van der Waals surface area contributed by atoms with E-state index in [1.54, 1.807) is 35.2 Å². The molecule has 8 nitrogen and oxygen atoms in total. The summed E-state index contributed by atoms with van der Waals surface area (Å²) in [5.41, 5.74) is 1.45. The molecule has 1 aliphatic rings. The van der Waals surface area contributed by atoms with Gasteiger partial charge in [0.25, 0.3) is 0 Å². The van der Waals surface area contributed by atoms with E-state index in [0.29, 0.717) is 40.9 Å². The highest BCUT2D eigenvalue weighted by Gasteiger charge is 2.25. The number of halogens is 2. The van der Waals surface area contributed by atoms with Crippen molar-refractivity contribution >= 4 is 40.9 Å². The van der Waals surface area contributed by atoms with E-state index in [2.05, 4.69) is 20.9 Å². The highest BCUT2D eigenvalue weighted by Crippen LogP contribution is 2.34. The zero-order chi connectivity index (χ0) is 22.7. The number of urea groups is 2. The van der Waals surface area contributed by atoms with E-state index in [0.717, 1.165) is 6.07 Å². The lowest BCUT2D eigenvalue weighted by atomic mass is 10.2. The van der Waals surface area contributed by atoms with Crippen LogP contribution >= 0.6 is 11.6 Å². The molecule has 4 amide bonds. The van der Waals surface area contributed by atoms with E-state index in [9.17, 15) is 14.0 Å². The van der Waals surface area contributed by atoms with Gasteiger partial charge < -0.3 is 20.3 Å². The van der Waals surface area contributed by atoms with Gasteiger partial charge in [-0.1, -0.05) is 11.6 Å². The molecule has 2 aromatic carbocycles. The second-order valence-electron chi connectivity index (χ2n) is 6.91. The quantitative estimate of drug-likeness (QED) is 0.461. The molecule has 2 heterocycles. The van der Waals surface area contributed by atoms with Crippen LogP contribution in [0.3, 0.4) is 0 Å². The summed E-state index contributed by atoms with van der Waals surface area (Å²) >= 11 is 5.82. The van der Waals surface area contributed by atoms with E-state index in [4.69, 9.17) is 16.3 Å². The summed E-state index contributed by atoms with van der Waals surface area (Å²) < 4.78 is 20.5. The molecule has 3 N–H and O–H groups in total. The second-order valence-corrected chi connectivity index (χ2v) is 7.35. The second kappa shape index (κ2) is 9.11. The van der Waals surface area contributed by atoms with E-state index in [1.165, 1.54) is 18.3 Å². The van der Waals surface area contributed by atoms with Gasteiger partial charge in [0, 0.05) is 35.2 Å². The summed E-state index contributed by atoms with van der Waals surface area (Å²) in [4.78, 5) is 29.9. The van der Waals surface area contributed by atoms with Crippen molar-refractivity contribution in [1.29, 1.82) is 0 Å². The van der Waals surface area contributed by atoms with Crippen LogP contribution in [0.1, 0.15) is 12.5 Å². The Kier molecular flexibility index (Phi) is 6.09. The van der Waals surface area contributed by atoms with E-state index in [1.807, 2.05) is 6.92 Å². The van der Waals surface area contributed by atoms with Gasteiger partial charge in [-0.3, -0.25) is 5.32 Å². The number of amides is 4. The molecule has 0 fully saturated rings. The zero-order valence-electron chi connectivity index (χ0n) is 17.0. The number of anilines is 3. The van der Waals surface area contributed by atoms with Crippen LogP contribution in [0.5, 0.6) is 11.5 Å². The molecule has 10 heteroatoms. The van der Waals surface area contributed by atoms with Crippen molar-refractivity contribution < 1.29 is 18.7 Å². The molecule has 0 bridgehead atoms. The Morgan fingerprint density at radius 2 is 1.88 bits per heavy atom. The Morgan fingerprint density at radius 3 is 2.59 bits per heavy atom. The summed E-state index contributed by atoms with van der Waals surface area (Å²) in [5.74, 6) is 0.0809. The number of carbonyl (C=O) groups is 2. The fourth-order valence-electron chi connectivity index (χ4n) is 3.14. The lowest BCUT2D eigenvalue weighted by molar-refractivity contribution is 0.209. The molecule has 0 radical (unpaired) electrons. The average molecular weight is 456 g/mol. The average Bonchev–Trinajstić information content (AvgIpc) is 2.77. The van der Waals surface area contributed by atoms with Crippen molar-refractivity contribution in [2.45, 2.75) is 13.5 Å². The smallest absolute Gasteiger partial charge is 0.323 e. The predicted octanol–water partition coefficient (Wildman–Crippen LogP) is 5.68. The Hall–Kier alpha value is -3.85. The third-order valence-electron chi connectivity index (χ3n) is 4.77. The maximum atomic E-state index is 14.7. The largest absolute Gasteiger partial charge is 0.454 e. The number of ether oxygens (including phenoxy) is 1. The van der Waals surface area contributed by atoms with Gasteiger partial charge in [-0.15, -0.1) is 0 Å². The van der Waals surface area contributed by atoms with Gasteiger partial charge in [-0.25, -0.2) is 19.0 Å². The van der Waals surface area contributed by atoms with Crippen LogP contribution in [-0.4, -0.2) is 28.5 Å². The van der Waals surface area contributed by atoms with Gasteiger partial charge in [-0.2, -0.15) is 0 Å². The van der Waals surface area contributed by atoms with E-state index < -0.39 is 11.8 Å². The van der Waals surface area contributed by atoms with Crippen LogP contribution in [0.25, 0.3) is 0 Å². The first-order valence-corrected chi connectivity index (χ1v) is 10.2. The van der Waals surface area contributed by atoms with Gasteiger partial charge >= 0.3 is 12.1 Å². The topological polar surface area (TPSA) is 95.6 Å². The number of nitrogens with zero attached hydrogens (tertiary/aromatic N) is 2. The van der Waals surface area contributed by atoms with Gasteiger partial charge in [0.15, 0.2) is 11.6 Å². The first-order valence-electron chi connectivity index (χ1n) is 9.77. The zero-order valence-corrected chi connectivity index (χ0v) is 17.7. The third kappa shape index (κ3) is 4.73. The maximum Gasteiger partial charge on any atom is 0.323 e. The molecule has 0 unspecified atom stereocenters. The van der Waals surface area contributed by atoms with Gasteiger partial charge in [-0.05, 0) is 49.4 Å². The molecular weight excluding hydrogens is 437 g/mol. The van der Waals surface area contributed by atoms with Crippen molar-refractivity contribution in [2.24, 2.45) is 0 Å². The SMILES string of the molecule is CCN1Cc2c(Oc3ccc(NC(=O)Nc4ccc(Cl)cc4)cc3F)ccnc2NC1=O. The Labute approximate surface area is 188 Å². The molecule has 0 saturated carbocycles. The van der Waals surface area contributed by atoms with Gasteiger partial charge in [0.05, 0.1) is 12.1 Å². The molecular formula is C22H19ClFN5O3. The summed E-state index contributed by atoms with van der Waals surface area (Å²) in [5, 5.41) is 8.44. The summed E-state index contributed by atoms with van der Waals surface area (Å²) in [6.07, 6.45) is 1.48. The number of pyridine rings is 1. The fourth-order valence-corrected chi connectivity index (χ4v) is 3.26. The molecule has 32 heavy (non-hydrogen) atoms. The van der Waals surface area contributed by atoms with Crippen molar-refractivity contribution in [1.82, 2.24) is 9.88 Å². The molecule has 4 rings (SSSR count). The Balaban J connectivity index is 1.46. The number of hydrogen-bond acceptors (Lipinski definition) is 4. The molecule has 0 saturated heterocycles. The van der Waals surface area contributed by atoms with Crippen molar-refractivity contribution in [3.8, 4) is 11.5 Å². The Morgan fingerprint density at radius 1 is 1.16 bits per heavy atom. The van der Waals surface area contributed by atoms with Gasteiger partial charge in [0.2, 0.25) is 0 Å². The van der Waals surface area contributed by atoms with Crippen LogP contribution in [0, 0.1) is 5.82 Å². The number of rotatable bonds is 5. The molecule has 0 atom stereocenters. The standard InChI is InChI=1S/C22H19ClFN5O3/c1-2-29-12-16-18(9-10-25-20(16)28-22(29)31)32-19-8-7-15(11-17(19)24)27-21(30)26-14-5-3-13(23)4-6-14/h3-11H,2,12H2,1H3,(H,25,28,31)(H2,26,27,30). The highest BCUT2D eigenvalue weighted by molar-refractivity contribution is 6.30. The fraction of sp³-hybridized carbons (Fsp3) is 0.136. The Bertz CT molecular complexity index is 1170. The normalized spacial score (nSPS) is 12.6. The third-order valence-corrected chi connectivity index (χ3v) is 5.02. The predicted molar refractivity (Wildman–Crippen MR) is 120 cm³/mol. The van der Waals surface area contributed by atoms with Crippen LogP contribution in [0.2, 0.25) is 5.02 Å². The molecule has 1 aromatic heterocycles. The number of hydrogen-bond donors (Lipinski definition) is 3. The molecule has 0 aliphatic carbocycles. The van der Waals surface area contributed by atoms with E-state index >= 15 is 0 Å². The van der Waals surface area contributed by atoms with Crippen molar-refractivity contribution in [2.75, 3.05) is 22.5 Å². The highest BCUT2D eigenvalue weighted by atomic mass is 35.5. The van der Waals surface area contributed by atoms with E-state index in [-0.39, 0.29) is 17.5 Å². The summed E-state index contributed by atoms with van der Waals surface area (Å²) in [7, 11) is 0. The lowest BCUT2D eigenvalue weighted by Gasteiger charge is -2.28. The summed E-state index contributed by atoms with van der Waals surface area (Å²) in [6, 6.07) is 11.5. The number of carbonyl (C=O) groups excluding carboxylic acids is 2. The van der Waals surface area contributed by atoms with Crippen molar-refractivity contribution in [3.63, 3.8) is 0 Å². The first kappa shape index (κ1) is 21.4. The monoisotopic (exact) mass is 455 g/mol. The van der Waals surface area contributed by atoms with Crippen LogP contribution in [0.4, 0.5) is 31.2 Å². The minimum atomic E-state index is -0.660. The van der Waals surface area contributed by atoms with Crippen molar-refractivity contribution in [3.05, 3.63) is 71.1 Å². The molecule has 1 aliphatic heterocycles. The molecule has 0 spiro atoms. The van der Waals surface area contributed by atoms with Crippen LogP contribution in [0.15, 0.2) is 54.7 Å². The number of benzene rings is 2. The minimum absolute atomic E-state index is 0.0259. The molecule has 164 valence electrons. The number of fused-ring (bicyclic) bond motifs is 1. The van der Waals surface area contributed by atoms with Gasteiger partial charge in [0.1, 0.15) is 11.6 Å². The lowest BCUT2D eigenvalue weighted by Crippen LogP contribution is -2.38. The summed E-state index contributed by atoms with van der Waals surface area (Å²) in [6.45, 7) is 2.66.